The molecule has 7 heavy (non-hydrogen) atoms. The van der Waals surface area contributed by atoms with E-state index in [9.17, 15) is 0 Å². The van der Waals surface area contributed by atoms with Crippen LogP contribution < -0.4 is 5.73 Å². The zero-order chi connectivity index (χ0) is 5.11. The van der Waals surface area contributed by atoms with Gasteiger partial charge in [-0.1, -0.05) is 0 Å². The van der Waals surface area contributed by atoms with E-state index in [0.29, 0.717) is 4.94 Å². The second kappa shape index (κ2) is 2.71. The van der Waals surface area contributed by atoms with Crippen LogP contribution in [0, 0.1) is 0 Å². The van der Waals surface area contributed by atoms with Crippen molar-refractivity contribution in [2.24, 2.45) is 5.73 Å². The molecule has 1 fully saturated rings. The molecule has 1 rings (SSSR count). The molecule has 42 valence electrons. The molecule has 1 aliphatic rings. The number of hydrogen-bond acceptors (Lipinski definition) is 1. The normalized spacial score (nSPS) is 33.0. The van der Waals surface area contributed by atoms with Crippen LogP contribution in [0.2, 0.25) is 5.32 Å². The summed E-state index contributed by atoms with van der Waals surface area (Å²) in [5, 5.41) is 1.42. The molecule has 0 radical (unpaired) electrons. The third kappa shape index (κ3) is 1.81. The summed E-state index contributed by atoms with van der Waals surface area (Å²) in [5.74, 6) is 0. The van der Waals surface area contributed by atoms with Gasteiger partial charge in [0, 0.05) is 0 Å². The van der Waals surface area contributed by atoms with E-state index in [1.807, 2.05) is 0 Å². The summed E-state index contributed by atoms with van der Waals surface area (Å²) in [6.45, 7) is 0. The van der Waals surface area contributed by atoms with Crippen molar-refractivity contribution in [3.8, 4) is 0 Å². The number of rotatable bonds is 0. The minimum absolute atomic E-state index is 0.598. The van der Waals surface area contributed by atoms with Crippen LogP contribution >= 0.6 is 0 Å². The standard InChI is InChI=1S/C5H11NSe/c6-5-3-1-2-4-7-5/h5H,1-4,6H2. The van der Waals surface area contributed by atoms with Gasteiger partial charge in [0.2, 0.25) is 0 Å². The van der Waals surface area contributed by atoms with Gasteiger partial charge in [-0.05, 0) is 0 Å². The summed E-state index contributed by atoms with van der Waals surface area (Å²) in [6, 6.07) is 0. The first-order chi connectivity index (χ1) is 3.39. The third-order valence-electron chi connectivity index (χ3n) is 1.21. The van der Waals surface area contributed by atoms with Crippen molar-refractivity contribution in [3.05, 3.63) is 0 Å². The van der Waals surface area contributed by atoms with E-state index in [-0.39, 0.29) is 0 Å². The summed E-state index contributed by atoms with van der Waals surface area (Å²) in [6.07, 6.45) is 4.11. The molecule has 0 saturated carbocycles. The van der Waals surface area contributed by atoms with Crippen LogP contribution in [0.25, 0.3) is 0 Å². The first kappa shape index (κ1) is 5.61. The molecule has 0 spiro atoms. The van der Waals surface area contributed by atoms with Crippen molar-refractivity contribution in [1.82, 2.24) is 0 Å². The van der Waals surface area contributed by atoms with E-state index in [0.717, 1.165) is 15.0 Å². The maximum absolute atomic E-state index is 5.66. The zero-order valence-corrected chi connectivity index (χ0v) is 6.10. The van der Waals surface area contributed by atoms with Crippen molar-refractivity contribution in [2.45, 2.75) is 29.5 Å². The van der Waals surface area contributed by atoms with Crippen LogP contribution in [0.1, 0.15) is 19.3 Å². The second-order valence-electron chi connectivity index (χ2n) is 1.91. The molecule has 2 N–H and O–H groups in total. The Kier molecular flexibility index (Phi) is 2.17. The molecule has 1 heterocycles. The van der Waals surface area contributed by atoms with Gasteiger partial charge in [-0.15, -0.1) is 0 Å². The average Bonchev–Trinajstić information content (AvgIpc) is 1.69. The van der Waals surface area contributed by atoms with E-state index in [1.54, 1.807) is 0 Å². The predicted molar refractivity (Wildman–Crippen MR) is 32.4 cm³/mol. The molecule has 0 aliphatic carbocycles. The zero-order valence-electron chi connectivity index (χ0n) is 4.39. The Balaban J connectivity index is 2.12. The molecule has 0 aromatic rings. The Morgan fingerprint density at radius 2 is 2.29 bits per heavy atom. The van der Waals surface area contributed by atoms with Gasteiger partial charge in [0.15, 0.2) is 0 Å². The number of hydrogen-bond donors (Lipinski definition) is 1. The molecule has 0 aromatic heterocycles. The second-order valence-corrected chi connectivity index (χ2v) is 4.73. The molecule has 1 saturated heterocycles. The molecule has 0 amide bonds. The van der Waals surface area contributed by atoms with Crippen LogP contribution in [0.4, 0.5) is 0 Å². The van der Waals surface area contributed by atoms with Crippen LogP contribution in [0.5, 0.6) is 0 Å². The quantitative estimate of drug-likeness (QED) is 0.520. The van der Waals surface area contributed by atoms with Crippen molar-refractivity contribution in [3.63, 3.8) is 0 Å². The molecule has 0 aromatic carbocycles. The summed E-state index contributed by atoms with van der Waals surface area (Å²) >= 11 is 0.790. The van der Waals surface area contributed by atoms with Crippen LogP contribution in [0.15, 0.2) is 0 Å². The van der Waals surface area contributed by atoms with Gasteiger partial charge in [-0.3, -0.25) is 0 Å². The van der Waals surface area contributed by atoms with Crippen LogP contribution in [-0.4, -0.2) is 19.9 Å². The Morgan fingerprint density at radius 3 is 2.57 bits per heavy atom. The molecular weight excluding hydrogens is 153 g/mol. The van der Waals surface area contributed by atoms with Gasteiger partial charge >= 0.3 is 50.2 Å². The van der Waals surface area contributed by atoms with Gasteiger partial charge in [-0.25, -0.2) is 0 Å². The van der Waals surface area contributed by atoms with Crippen LogP contribution in [-0.2, 0) is 0 Å². The van der Waals surface area contributed by atoms with Crippen LogP contribution in [0.3, 0.4) is 0 Å². The van der Waals surface area contributed by atoms with Gasteiger partial charge < -0.3 is 0 Å². The summed E-state index contributed by atoms with van der Waals surface area (Å²) in [4.78, 5) is 0.598. The number of nitrogens with two attached hydrogens (primary N) is 1. The average molecular weight is 164 g/mol. The molecule has 1 aliphatic heterocycles. The molecule has 1 unspecified atom stereocenters. The molecule has 2 heteroatoms. The molecule has 0 bridgehead atoms. The fourth-order valence-electron chi connectivity index (χ4n) is 0.766. The summed E-state index contributed by atoms with van der Waals surface area (Å²) in [7, 11) is 0. The Bertz CT molecular complexity index is 50.0. The SMILES string of the molecule is NC1CCCC[Se]1. The Labute approximate surface area is 50.8 Å². The van der Waals surface area contributed by atoms with Crippen molar-refractivity contribution >= 4 is 15.0 Å². The van der Waals surface area contributed by atoms with E-state index in [1.165, 1.54) is 24.6 Å². The topological polar surface area (TPSA) is 26.0 Å². The van der Waals surface area contributed by atoms with Gasteiger partial charge in [0.05, 0.1) is 0 Å². The molecular formula is C5H11NSe. The summed E-state index contributed by atoms with van der Waals surface area (Å²) in [5.41, 5.74) is 5.66. The van der Waals surface area contributed by atoms with E-state index in [2.05, 4.69) is 0 Å². The maximum atomic E-state index is 5.66. The van der Waals surface area contributed by atoms with Gasteiger partial charge in [0.25, 0.3) is 0 Å². The first-order valence-electron chi connectivity index (χ1n) is 2.77. The third-order valence-corrected chi connectivity index (χ3v) is 3.71. The minimum atomic E-state index is 0.598. The Hall–Kier alpha value is 0.479. The summed E-state index contributed by atoms with van der Waals surface area (Å²) < 4.78 is 0. The predicted octanol–water partition coefficient (Wildman–Crippen LogP) is 0.578. The van der Waals surface area contributed by atoms with E-state index >= 15 is 0 Å². The van der Waals surface area contributed by atoms with Gasteiger partial charge in [0.1, 0.15) is 0 Å². The monoisotopic (exact) mass is 165 g/mol. The van der Waals surface area contributed by atoms with Crippen molar-refractivity contribution in [2.75, 3.05) is 0 Å². The fourth-order valence-corrected chi connectivity index (χ4v) is 2.88. The molecule has 1 atom stereocenters. The van der Waals surface area contributed by atoms with E-state index in [4.69, 9.17) is 5.73 Å². The Morgan fingerprint density at radius 1 is 1.43 bits per heavy atom. The van der Waals surface area contributed by atoms with Crippen molar-refractivity contribution in [1.29, 1.82) is 0 Å². The fraction of sp³-hybridized carbons (Fsp3) is 1.00. The molecule has 1 nitrogen and oxygen atoms in total. The van der Waals surface area contributed by atoms with Crippen molar-refractivity contribution < 1.29 is 0 Å². The van der Waals surface area contributed by atoms with E-state index < -0.39 is 0 Å². The first-order valence-corrected chi connectivity index (χ1v) is 4.97. The van der Waals surface area contributed by atoms with Gasteiger partial charge in [-0.2, -0.15) is 0 Å².